The molecule has 3 aromatic rings. The van der Waals surface area contributed by atoms with Crippen LogP contribution in [0.1, 0.15) is 15.9 Å². The van der Waals surface area contributed by atoms with Gasteiger partial charge in [0.25, 0.3) is 5.91 Å². The molecule has 0 aliphatic carbocycles. The highest BCUT2D eigenvalue weighted by molar-refractivity contribution is 8.18. The number of nitrogens with one attached hydrogen (secondary N) is 1. The largest absolute Gasteiger partial charge is 0.493 e. The molecule has 6 nitrogen and oxygen atoms in total. The molecule has 0 aromatic heterocycles. The smallest absolute Gasteiger partial charge is 0.343 e. The highest BCUT2D eigenvalue weighted by Crippen LogP contribution is 2.32. The minimum absolute atomic E-state index is 0.0857. The van der Waals surface area contributed by atoms with Crippen molar-refractivity contribution in [1.82, 2.24) is 5.32 Å². The molecule has 0 saturated carbocycles. The van der Waals surface area contributed by atoms with Gasteiger partial charge in [-0.25, -0.2) is 14.2 Å². The molecular weight excluding hydrogens is 431 g/mol. The van der Waals surface area contributed by atoms with Crippen molar-refractivity contribution in [2.75, 3.05) is 7.11 Å². The van der Waals surface area contributed by atoms with Gasteiger partial charge in [0.2, 0.25) is 0 Å². The maximum Gasteiger partial charge on any atom is 0.343 e. The van der Waals surface area contributed by atoms with Gasteiger partial charge in [-0.1, -0.05) is 30.3 Å². The van der Waals surface area contributed by atoms with Gasteiger partial charge < -0.3 is 14.8 Å². The summed E-state index contributed by atoms with van der Waals surface area (Å²) < 4.78 is 24.0. The van der Waals surface area contributed by atoms with Gasteiger partial charge in [0, 0.05) is 0 Å². The summed E-state index contributed by atoms with van der Waals surface area (Å²) in [7, 11) is 1.44. The van der Waals surface area contributed by atoms with Gasteiger partial charge in [0.15, 0.2) is 16.7 Å². The Morgan fingerprint density at radius 3 is 2.59 bits per heavy atom. The van der Waals surface area contributed by atoms with E-state index in [-0.39, 0.29) is 17.2 Å². The third kappa shape index (κ3) is 5.04. The van der Waals surface area contributed by atoms with E-state index in [9.17, 15) is 14.0 Å². The van der Waals surface area contributed by atoms with E-state index in [1.54, 1.807) is 24.3 Å². The molecule has 1 heterocycles. The van der Waals surface area contributed by atoms with Gasteiger partial charge in [-0.3, -0.25) is 4.79 Å². The minimum atomic E-state index is -0.707. The summed E-state index contributed by atoms with van der Waals surface area (Å²) in [5, 5.41) is 3.22. The molecule has 4 rings (SSSR count). The first kappa shape index (κ1) is 21.3. The van der Waals surface area contributed by atoms with Crippen molar-refractivity contribution in [2.24, 2.45) is 4.99 Å². The van der Waals surface area contributed by atoms with Crippen molar-refractivity contribution < 1.29 is 23.5 Å². The number of benzene rings is 3. The first-order valence-electron chi connectivity index (χ1n) is 9.52. The Kier molecular flexibility index (Phi) is 6.32. The fraction of sp³-hybridized carbons (Fsp3) is 0.0417. The van der Waals surface area contributed by atoms with Crippen molar-refractivity contribution in [3.63, 3.8) is 0 Å². The van der Waals surface area contributed by atoms with E-state index in [1.807, 2.05) is 30.3 Å². The first-order valence-corrected chi connectivity index (χ1v) is 10.3. The summed E-state index contributed by atoms with van der Waals surface area (Å²) in [5.74, 6) is -1.02. The second-order valence-electron chi connectivity index (χ2n) is 6.63. The van der Waals surface area contributed by atoms with Crippen LogP contribution in [0.5, 0.6) is 11.5 Å². The molecule has 0 spiro atoms. The van der Waals surface area contributed by atoms with E-state index >= 15 is 0 Å². The summed E-state index contributed by atoms with van der Waals surface area (Å²) in [6, 6.07) is 19.4. The van der Waals surface area contributed by atoms with Crippen LogP contribution in [-0.4, -0.2) is 24.2 Å². The summed E-state index contributed by atoms with van der Waals surface area (Å²) in [4.78, 5) is 29.5. The molecule has 0 unspecified atom stereocenters. The zero-order chi connectivity index (χ0) is 22.5. The predicted octanol–water partition coefficient (Wildman–Crippen LogP) is 4.95. The van der Waals surface area contributed by atoms with Gasteiger partial charge in [-0.2, -0.15) is 0 Å². The van der Waals surface area contributed by atoms with Crippen LogP contribution in [-0.2, 0) is 4.79 Å². The van der Waals surface area contributed by atoms with Crippen LogP contribution < -0.4 is 14.8 Å². The van der Waals surface area contributed by atoms with Crippen LogP contribution in [0.3, 0.4) is 0 Å². The highest BCUT2D eigenvalue weighted by Gasteiger charge is 2.24. The number of carbonyl (C=O) groups is 2. The van der Waals surface area contributed by atoms with Crippen LogP contribution in [0.2, 0.25) is 0 Å². The summed E-state index contributed by atoms with van der Waals surface area (Å²) in [6.45, 7) is 0. The lowest BCUT2D eigenvalue weighted by Gasteiger charge is -2.10. The molecule has 0 atom stereocenters. The topological polar surface area (TPSA) is 77.0 Å². The normalized spacial score (nSPS) is 15.6. The zero-order valence-electron chi connectivity index (χ0n) is 16.9. The van der Waals surface area contributed by atoms with Crippen molar-refractivity contribution in [3.8, 4) is 11.5 Å². The predicted molar refractivity (Wildman–Crippen MR) is 122 cm³/mol. The first-order chi connectivity index (χ1) is 15.5. The maximum absolute atomic E-state index is 13.4. The molecule has 0 radical (unpaired) electrons. The maximum atomic E-state index is 13.4. The number of para-hydroxylation sites is 1. The summed E-state index contributed by atoms with van der Waals surface area (Å²) in [6.07, 6.45) is 1.69. The Hall–Kier alpha value is -3.91. The number of halogens is 1. The van der Waals surface area contributed by atoms with Crippen LogP contribution in [0.15, 0.2) is 82.7 Å². The van der Waals surface area contributed by atoms with Crippen molar-refractivity contribution >= 4 is 40.6 Å². The molecule has 3 aromatic carbocycles. The van der Waals surface area contributed by atoms with Gasteiger partial charge in [-0.05, 0) is 65.9 Å². The van der Waals surface area contributed by atoms with Crippen molar-refractivity contribution in [3.05, 3.63) is 94.6 Å². The van der Waals surface area contributed by atoms with Crippen LogP contribution >= 0.6 is 11.8 Å². The quantitative estimate of drug-likeness (QED) is 0.340. The standard InChI is InChI=1S/C24H17FN2O4S/c1-30-20-12-15(10-11-19(20)31-23(29)16-6-5-7-17(25)14-16)13-21-22(28)27-24(32-21)26-18-8-3-2-4-9-18/h2-14H,1H3,(H,26,27,28)/b21-13-. The van der Waals surface area contributed by atoms with Gasteiger partial charge in [0.1, 0.15) is 5.82 Å². The van der Waals surface area contributed by atoms with Crippen LogP contribution in [0.4, 0.5) is 10.1 Å². The number of thioether (sulfide) groups is 1. The number of carbonyl (C=O) groups excluding carboxylic acids is 2. The lowest BCUT2D eigenvalue weighted by atomic mass is 10.1. The second kappa shape index (κ2) is 9.49. The lowest BCUT2D eigenvalue weighted by molar-refractivity contribution is -0.115. The molecule has 160 valence electrons. The molecule has 1 saturated heterocycles. The number of amides is 1. The number of rotatable bonds is 5. The lowest BCUT2D eigenvalue weighted by Crippen LogP contribution is -2.19. The van der Waals surface area contributed by atoms with Gasteiger partial charge in [-0.15, -0.1) is 0 Å². The Labute approximate surface area is 187 Å². The number of methoxy groups -OCH3 is 1. The Morgan fingerprint density at radius 1 is 1.03 bits per heavy atom. The average molecular weight is 448 g/mol. The molecule has 1 N–H and O–H groups in total. The van der Waals surface area contributed by atoms with Crippen LogP contribution in [0.25, 0.3) is 6.08 Å². The molecule has 1 amide bonds. The van der Waals surface area contributed by atoms with E-state index < -0.39 is 11.8 Å². The second-order valence-corrected chi connectivity index (χ2v) is 7.66. The molecule has 1 aliphatic heterocycles. The number of hydrogen-bond acceptors (Lipinski definition) is 6. The molecule has 8 heteroatoms. The Bertz CT molecular complexity index is 1240. The summed E-state index contributed by atoms with van der Waals surface area (Å²) >= 11 is 1.22. The van der Waals surface area contributed by atoms with E-state index in [0.717, 1.165) is 11.8 Å². The Morgan fingerprint density at radius 2 is 1.84 bits per heavy atom. The number of hydrogen-bond donors (Lipinski definition) is 1. The SMILES string of the molecule is COc1cc(/C=C2\SC(=Nc3ccccc3)NC2=O)ccc1OC(=O)c1cccc(F)c1. The number of esters is 1. The monoisotopic (exact) mass is 448 g/mol. The molecule has 32 heavy (non-hydrogen) atoms. The number of aliphatic imine (C=N–C) groups is 1. The number of ether oxygens (including phenoxy) is 2. The number of amidine groups is 1. The minimum Gasteiger partial charge on any atom is -0.493 e. The molecule has 1 fully saturated rings. The average Bonchev–Trinajstić information content (AvgIpc) is 3.13. The third-order valence-corrected chi connectivity index (χ3v) is 5.30. The van der Waals surface area contributed by atoms with Crippen molar-refractivity contribution in [1.29, 1.82) is 0 Å². The van der Waals surface area contributed by atoms with Crippen molar-refractivity contribution in [2.45, 2.75) is 0 Å². The highest BCUT2D eigenvalue weighted by atomic mass is 32.2. The third-order valence-electron chi connectivity index (χ3n) is 4.39. The molecule has 1 aliphatic rings. The fourth-order valence-electron chi connectivity index (χ4n) is 2.88. The van der Waals surface area contributed by atoms with E-state index in [2.05, 4.69) is 10.3 Å². The number of nitrogens with zero attached hydrogens (tertiary/aromatic N) is 1. The Balaban J connectivity index is 1.52. The van der Waals surface area contributed by atoms with E-state index in [0.29, 0.717) is 21.4 Å². The zero-order valence-corrected chi connectivity index (χ0v) is 17.7. The summed E-state index contributed by atoms with van der Waals surface area (Å²) in [5.41, 5.74) is 1.50. The van der Waals surface area contributed by atoms with E-state index in [4.69, 9.17) is 9.47 Å². The van der Waals surface area contributed by atoms with Crippen LogP contribution in [0, 0.1) is 5.82 Å². The van der Waals surface area contributed by atoms with E-state index in [1.165, 1.54) is 37.1 Å². The molecular formula is C24H17FN2O4S. The van der Waals surface area contributed by atoms with Gasteiger partial charge >= 0.3 is 5.97 Å². The molecule has 0 bridgehead atoms. The fourth-order valence-corrected chi connectivity index (χ4v) is 3.73. The van der Waals surface area contributed by atoms with Gasteiger partial charge in [0.05, 0.1) is 23.3 Å².